The molecule has 1 aliphatic heterocycles. The first-order valence-electron chi connectivity index (χ1n) is 6.05. The maximum Gasteiger partial charge on any atom is 0.328 e. The van der Waals surface area contributed by atoms with E-state index in [2.05, 4.69) is 28.9 Å². The van der Waals surface area contributed by atoms with E-state index in [0.29, 0.717) is 6.61 Å². The first-order chi connectivity index (χ1) is 8.10. The molecule has 0 radical (unpaired) electrons. The summed E-state index contributed by atoms with van der Waals surface area (Å²) < 4.78 is 4.43. The molecule has 2 atom stereocenters. The van der Waals surface area contributed by atoms with Crippen LogP contribution in [0.1, 0.15) is 40.0 Å². The molecular weight excluding hydrogens is 220 g/mol. The molecule has 1 heterocycles. The van der Waals surface area contributed by atoms with Gasteiger partial charge in [-0.15, -0.1) is 0 Å². The van der Waals surface area contributed by atoms with Gasteiger partial charge in [-0.3, -0.25) is 4.79 Å². The van der Waals surface area contributed by atoms with Crippen molar-refractivity contribution in [2.75, 3.05) is 13.2 Å². The van der Waals surface area contributed by atoms with Crippen molar-refractivity contribution in [2.24, 2.45) is 4.99 Å². The maximum atomic E-state index is 10.3. The maximum absolute atomic E-state index is 10.3. The topological polar surface area (TPSA) is 67.8 Å². The number of esters is 1. The molecule has 1 rings (SSSR count). The van der Waals surface area contributed by atoms with Crippen molar-refractivity contribution in [1.29, 1.82) is 0 Å². The summed E-state index contributed by atoms with van der Waals surface area (Å²) in [6, 6.07) is 1.53. The lowest BCUT2D eigenvalue weighted by molar-refractivity contribution is -0.141. The van der Waals surface area contributed by atoms with E-state index in [1.54, 1.807) is 6.92 Å². The van der Waals surface area contributed by atoms with Crippen molar-refractivity contribution >= 4 is 12.0 Å². The zero-order chi connectivity index (χ0) is 13.1. The van der Waals surface area contributed by atoms with Gasteiger partial charge in [0.1, 0.15) is 6.54 Å². The first kappa shape index (κ1) is 15.8. The molecule has 5 nitrogen and oxygen atoms in total. The minimum absolute atomic E-state index is 0.225. The van der Waals surface area contributed by atoms with Crippen LogP contribution in [-0.2, 0) is 14.3 Å². The van der Waals surface area contributed by atoms with Crippen LogP contribution in [-0.4, -0.2) is 37.3 Å². The van der Waals surface area contributed by atoms with Gasteiger partial charge in [0.05, 0.1) is 6.61 Å². The minimum Gasteiger partial charge on any atom is -0.465 e. The molecule has 0 aromatic heterocycles. The third kappa shape index (κ3) is 9.72. The van der Waals surface area contributed by atoms with Gasteiger partial charge in [0.25, 0.3) is 0 Å². The molecule has 17 heavy (non-hydrogen) atoms. The Morgan fingerprint density at radius 3 is 2.35 bits per heavy atom. The van der Waals surface area contributed by atoms with Crippen molar-refractivity contribution in [3.63, 3.8) is 0 Å². The predicted molar refractivity (Wildman–Crippen MR) is 65.5 cm³/mol. The van der Waals surface area contributed by atoms with E-state index < -0.39 is 5.97 Å². The second-order valence-electron chi connectivity index (χ2n) is 4.11. The normalized spacial score (nSPS) is 22.8. The van der Waals surface area contributed by atoms with Crippen molar-refractivity contribution in [2.45, 2.75) is 52.1 Å². The number of ether oxygens (including phenoxy) is 1. The molecule has 0 bridgehead atoms. The Bertz CT molecular complexity index is 254. The Morgan fingerprint density at radius 2 is 2.00 bits per heavy atom. The highest BCUT2D eigenvalue weighted by molar-refractivity contribution is 5.72. The average Bonchev–Trinajstić information content (AvgIpc) is 2.27. The highest BCUT2D eigenvalue weighted by Gasteiger charge is 2.12. The molecule has 0 saturated carbocycles. The molecule has 5 heteroatoms. The van der Waals surface area contributed by atoms with E-state index in [-0.39, 0.29) is 6.54 Å². The minimum atomic E-state index is -0.499. The van der Waals surface area contributed by atoms with Crippen LogP contribution in [0.5, 0.6) is 0 Å². The number of hydrogen-bond acceptors (Lipinski definition) is 5. The molecule has 0 amide bonds. The van der Waals surface area contributed by atoms with Crippen LogP contribution in [0.15, 0.2) is 4.99 Å². The second-order valence-corrected chi connectivity index (χ2v) is 4.11. The van der Waals surface area contributed by atoms with Gasteiger partial charge in [-0.2, -0.15) is 4.99 Å². The number of carbonyl (C=O) groups excluding carboxylic acids is 2. The van der Waals surface area contributed by atoms with Gasteiger partial charge in [0.15, 0.2) is 0 Å². The molecule has 0 spiro atoms. The van der Waals surface area contributed by atoms with Gasteiger partial charge in [-0.25, -0.2) is 4.79 Å². The lowest BCUT2D eigenvalue weighted by Crippen LogP contribution is -2.38. The molecule has 0 aliphatic carbocycles. The number of isocyanates is 1. The summed E-state index contributed by atoms with van der Waals surface area (Å²) in [5.41, 5.74) is 0. The third-order valence-electron chi connectivity index (χ3n) is 2.42. The summed E-state index contributed by atoms with van der Waals surface area (Å²) >= 11 is 0. The van der Waals surface area contributed by atoms with Crippen molar-refractivity contribution < 1.29 is 14.3 Å². The number of nitrogens with zero attached hydrogens (tertiary/aromatic N) is 1. The first-order valence-corrected chi connectivity index (χ1v) is 6.05. The monoisotopic (exact) mass is 242 g/mol. The van der Waals surface area contributed by atoms with E-state index >= 15 is 0 Å². The summed E-state index contributed by atoms with van der Waals surface area (Å²) in [4.78, 5) is 22.7. The van der Waals surface area contributed by atoms with E-state index in [9.17, 15) is 9.59 Å². The number of rotatable bonds is 3. The van der Waals surface area contributed by atoms with Crippen molar-refractivity contribution in [3.8, 4) is 0 Å². The highest BCUT2D eigenvalue weighted by atomic mass is 16.5. The number of aliphatic imine (C=N–C) groups is 1. The quantitative estimate of drug-likeness (QED) is 0.462. The van der Waals surface area contributed by atoms with Gasteiger partial charge >= 0.3 is 5.97 Å². The Balaban J connectivity index is 0.000000302. The molecule has 1 fully saturated rings. The van der Waals surface area contributed by atoms with Gasteiger partial charge in [-0.1, -0.05) is 6.42 Å². The standard InChI is InChI=1S/C7H15N.C5H7NO3/c1-6-4-3-5-7(2)8-6;1-2-9-5(8)3-6-4-7/h6-8H,3-5H2,1-2H3;2-3H2,1H3. The Morgan fingerprint density at radius 1 is 1.41 bits per heavy atom. The van der Waals surface area contributed by atoms with Gasteiger partial charge in [-0.05, 0) is 33.6 Å². The fourth-order valence-electron chi connectivity index (χ4n) is 1.69. The number of nitrogens with one attached hydrogen (secondary N) is 1. The summed E-state index contributed by atoms with van der Waals surface area (Å²) in [6.45, 7) is 6.29. The molecule has 2 unspecified atom stereocenters. The van der Waals surface area contributed by atoms with Crippen molar-refractivity contribution in [3.05, 3.63) is 0 Å². The molecule has 1 aliphatic rings. The van der Waals surface area contributed by atoms with Crippen LogP contribution in [0.3, 0.4) is 0 Å². The zero-order valence-electron chi connectivity index (χ0n) is 10.9. The van der Waals surface area contributed by atoms with Crippen LogP contribution < -0.4 is 5.32 Å². The largest absolute Gasteiger partial charge is 0.465 e. The molecule has 1 N–H and O–H groups in total. The van der Waals surface area contributed by atoms with E-state index in [0.717, 1.165) is 12.1 Å². The third-order valence-corrected chi connectivity index (χ3v) is 2.42. The zero-order valence-corrected chi connectivity index (χ0v) is 10.9. The van der Waals surface area contributed by atoms with Crippen LogP contribution in [0.4, 0.5) is 0 Å². The lowest BCUT2D eigenvalue weighted by Gasteiger charge is -2.25. The SMILES string of the molecule is CC1CCCC(C)N1.CCOC(=O)CN=C=O. The average molecular weight is 242 g/mol. The summed E-state index contributed by atoms with van der Waals surface area (Å²) in [6.07, 6.45) is 5.37. The van der Waals surface area contributed by atoms with E-state index in [1.807, 2.05) is 0 Å². The van der Waals surface area contributed by atoms with Gasteiger partial charge in [0.2, 0.25) is 6.08 Å². The molecule has 0 aromatic rings. The molecular formula is C12H22N2O3. The van der Waals surface area contributed by atoms with Gasteiger partial charge < -0.3 is 10.1 Å². The molecule has 98 valence electrons. The smallest absolute Gasteiger partial charge is 0.328 e. The Labute approximate surface area is 103 Å². The van der Waals surface area contributed by atoms with E-state index in [4.69, 9.17) is 0 Å². The molecule has 1 saturated heterocycles. The Hall–Kier alpha value is -1.19. The van der Waals surface area contributed by atoms with Crippen LogP contribution in [0.2, 0.25) is 0 Å². The van der Waals surface area contributed by atoms with Gasteiger partial charge in [0, 0.05) is 12.1 Å². The van der Waals surface area contributed by atoms with Crippen LogP contribution in [0.25, 0.3) is 0 Å². The number of carbonyl (C=O) groups is 1. The van der Waals surface area contributed by atoms with Crippen molar-refractivity contribution in [1.82, 2.24) is 5.32 Å². The predicted octanol–water partition coefficient (Wildman–Crippen LogP) is 1.42. The Kier molecular flexibility index (Phi) is 9.30. The highest BCUT2D eigenvalue weighted by Crippen LogP contribution is 2.10. The summed E-state index contributed by atoms with van der Waals surface area (Å²) in [7, 11) is 0. The van der Waals surface area contributed by atoms with Crippen LogP contribution in [0, 0.1) is 0 Å². The van der Waals surface area contributed by atoms with Crippen LogP contribution >= 0.6 is 0 Å². The molecule has 0 aromatic carbocycles. The summed E-state index contributed by atoms with van der Waals surface area (Å²) in [5.74, 6) is -0.499. The fourth-order valence-corrected chi connectivity index (χ4v) is 1.69. The second kappa shape index (κ2) is 10.00. The van der Waals surface area contributed by atoms with E-state index in [1.165, 1.54) is 25.3 Å². The summed E-state index contributed by atoms with van der Waals surface area (Å²) in [5, 5.41) is 3.48. The lowest BCUT2D eigenvalue weighted by atomic mass is 10.0. The number of piperidine rings is 1. The fraction of sp³-hybridized carbons (Fsp3) is 0.833. The number of hydrogen-bond donors (Lipinski definition) is 1.